The Labute approximate surface area is 104 Å². The maximum Gasteiger partial charge on any atom is 0.181 e. The van der Waals surface area contributed by atoms with E-state index < -0.39 is 36.7 Å². The van der Waals surface area contributed by atoms with Gasteiger partial charge in [0.25, 0.3) is 0 Å². The maximum atomic E-state index is 10.2. The van der Waals surface area contributed by atoms with E-state index in [0.717, 1.165) is 5.01 Å². The van der Waals surface area contributed by atoms with Crippen LogP contribution in [0.5, 0.6) is 0 Å². The zero-order chi connectivity index (χ0) is 13.9. The van der Waals surface area contributed by atoms with Crippen LogP contribution < -0.4 is 5.32 Å². The summed E-state index contributed by atoms with van der Waals surface area (Å²) < 4.78 is 5.09. The topological polar surface area (TPSA) is 135 Å². The summed E-state index contributed by atoms with van der Waals surface area (Å²) in [6, 6.07) is -1.03. The van der Waals surface area contributed by atoms with Crippen LogP contribution in [0.2, 0.25) is 0 Å². The highest BCUT2D eigenvalue weighted by Gasteiger charge is 2.50. The molecule has 5 N–H and O–H groups in total. The van der Waals surface area contributed by atoms with Crippen LogP contribution in [-0.4, -0.2) is 75.9 Å². The zero-order valence-electron chi connectivity index (χ0n) is 10.2. The van der Waals surface area contributed by atoms with Crippen molar-refractivity contribution < 1.29 is 25.2 Å². The Morgan fingerprint density at radius 2 is 2.06 bits per heavy atom. The van der Waals surface area contributed by atoms with Gasteiger partial charge in [-0.05, 0) is 6.92 Å². The third-order valence-electron chi connectivity index (χ3n) is 2.90. The van der Waals surface area contributed by atoms with Crippen molar-refractivity contribution in [1.82, 2.24) is 10.3 Å². The van der Waals surface area contributed by atoms with E-state index >= 15 is 0 Å². The lowest BCUT2D eigenvalue weighted by atomic mass is 9.91. The number of rotatable bonds is 5. The van der Waals surface area contributed by atoms with Crippen LogP contribution in [0.25, 0.3) is 0 Å². The summed E-state index contributed by atoms with van der Waals surface area (Å²) in [5, 5.41) is 44.8. The number of ether oxygens (including phenoxy) is 1. The van der Waals surface area contributed by atoms with E-state index in [1.807, 2.05) is 0 Å². The molecule has 9 heteroatoms. The maximum absolute atomic E-state index is 10.2. The number of nitrogens with zero attached hydrogens (tertiary/aromatic N) is 2. The fourth-order valence-electron chi connectivity index (χ4n) is 1.90. The van der Waals surface area contributed by atoms with Gasteiger partial charge in [0.15, 0.2) is 5.79 Å². The molecule has 1 rings (SSSR count). The second-order valence-corrected chi connectivity index (χ2v) is 4.45. The molecule has 0 aliphatic carbocycles. The molecule has 0 bridgehead atoms. The lowest BCUT2D eigenvalue weighted by Gasteiger charge is -2.46. The molecule has 18 heavy (non-hydrogen) atoms. The van der Waals surface area contributed by atoms with E-state index in [2.05, 4.69) is 10.6 Å². The van der Waals surface area contributed by atoms with Crippen molar-refractivity contribution in [2.24, 2.45) is 5.29 Å². The Hall–Kier alpha value is -0.840. The third-order valence-corrected chi connectivity index (χ3v) is 2.90. The van der Waals surface area contributed by atoms with Gasteiger partial charge in [0.05, 0.1) is 24.6 Å². The summed E-state index contributed by atoms with van der Waals surface area (Å²) in [4.78, 5) is 10.2. The molecule has 1 aliphatic heterocycles. The van der Waals surface area contributed by atoms with Gasteiger partial charge >= 0.3 is 0 Å². The number of nitroso groups, excluding NO2 is 1. The number of nitrogens with one attached hydrogen (secondary N) is 1. The van der Waals surface area contributed by atoms with Crippen molar-refractivity contribution in [3.8, 4) is 0 Å². The monoisotopic (exact) mass is 265 g/mol. The van der Waals surface area contributed by atoms with Gasteiger partial charge in [-0.1, -0.05) is 0 Å². The highest BCUT2D eigenvalue weighted by atomic mass is 16.6. The Balaban J connectivity index is 2.73. The number of hydrogen-bond donors (Lipinski definition) is 5. The molecule has 1 fully saturated rings. The standard InChI is InChI=1S/C9H19N3O6/c1-9(16)8(10-4-12(2)11-17)7(15)6(14)5(3-13)18-9/h5-8,10,13-16H,3-4H2,1-2H3/t5?,6-,7-,8?,9-/m0/s1. The minimum absolute atomic E-state index is 0.0404. The van der Waals surface area contributed by atoms with Gasteiger partial charge in [0.1, 0.15) is 18.3 Å². The second kappa shape index (κ2) is 5.87. The fraction of sp³-hybridized carbons (Fsp3) is 1.00. The Bertz CT molecular complexity index is 289. The van der Waals surface area contributed by atoms with Gasteiger partial charge in [-0.15, -0.1) is 4.91 Å². The molecule has 0 radical (unpaired) electrons. The van der Waals surface area contributed by atoms with Crippen LogP contribution >= 0.6 is 0 Å². The molecular weight excluding hydrogens is 246 g/mol. The summed E-state index contributed by atoms with van der Waals surface area (Å²) in [5.41, 5.74) is 0. The van der Waals surface area contributed by atoms with Gasteiger partial charge < -0.3 is 25.2 Å². The van der Waals surface area contributed by atoms with Crippen molar-refractivity contribution in [1.29, 1.82) is 0 Å². The minimum Gasteiger partial charge on any atom is -0.394 e. The highest BCUT2D eigenvalue weighted by molar-refractivity contribution is 4.98. The third kappa shape index (κ3) is 3.13. The molecule has 106 valence electrons. The SMILES string of the molecule is CN(CNC1[C@@H](O)[C@@H](O)C(CO)O[C@]1(C)O)N=O. The van der Waals surface area contributed by atoms with Gasteiger partial charge in [-0.3, -0.25) is 5.32 Å². The smallest absolute Gasteiger partial charge is 0.181 e. The quantitative estimate of drug-likeness (QED) is 0.206. The zero-order valence-corrected chi connectivity index (χ0v) is 10.2. The lowest BCUT2D eigenvalue weighted by molar-refractivity contribution is -0.311. The lowest BCUT2D eigenvalue weighted by Crippen LogP contribution is -2.69. The normalized spacial score (nSPS) is 40.6. The fourth-order valence-corrected chi connectivity index (χ4v) is 1.90. The van der Waals surface area contributed by atoms with Crippen LogP contribution in [0.1, 0.15) is 6.92 Å². The first-order chi connectivity index (χ1) is 8.33. The summed E-state index contributed by atoms with van der Waals surface area (Å²) in [7, 11) is 1.40. The number of aliphatic hydroxyl groups is 4. The second-order valence-electron chi connectivity index (χ2n) is 4.45. The number of aliphatic hydroxyl groups excluding tert-OH is 3. The summed E-state index contributed by atoms with van der Waals surface area (Å²) in [6.45, 7) is 0.717. The van der Waals surface area contributed by atoms with Crippen molar-refractivity contribution >= 4 is 0 Å². The van der Waals surface area contributed by atoms with E-state index in [0.29, 0.717) is 0 Å². The van der Waals surface area contributed by atoms with Crippen molar-refractivity contribution in [3.63, 3.8) is 0 Å². The molecule has 9 nitrogen and oxygen atoms in total. The molecule has 0 spiro atoms. The van der Waals surface area contributed by atoms with Gasteiger partial charge in [0.2, 0.25) is 0 Å². The summed E-state index contributed by atoms with van der Waals surface area (Å²) in [5.74, 6) is -1.80. The molecule has 1 aliphatic rings. The molecule has 0 saturated carbocycles. The Morgan fingerprint density at radius 3 is 2.56 bits per heavy atom. The van der Waals surface area contributed by atoms with E-state index in [1.54, 1.807) is 0 Å². The minimum atomic E-state index is -1.80. The largest absolute Gasteiger partial charge is 0.394 e. The first-order valence-electron chi connectivity index (χ1n) is 5.48. The molecule has 0 aromatic carbocycles. The molecule has 1 saturated heterocycles. The Kier molecular flexibility index (Phi) is 4.96. The first-order valence-corrected chi connectivity index (χ1v) is 5.48. The van der Waals surface area contributed by atoms with E-state index in [9.17, 15) is 20.2 Å². The Morgan fingerprint density at radius 1 is 1.44 bits per heavy atom. The van der Waals surface area contributed by atoms with Crippen LogP contribution in [0.15, 0.2) is 5.29 Å². The van der Waals surface area contributed by atoms with Crippen LogP contribution in [-0.2, 0) is 4.74 Å². The highest BCUT2D eigenvalue weighted by Crippen LogP contribution is 2.27. The van der Waals surface area contributed by atoms with Crippen molar-refractivity contribution in [3.05, 3.63) is 4.91 Å². The predicted octanol–water partition coefficient (Wildman–Crippen LogP) is -2.66. The molecule has 0 amide bonds. The molecule has 2 unspecified atom stereocenters. The molecule has 0 aromatic rings. The van der Waals surface area contributed by atoms with Crippen molar-refractivity contribution in [2.45, 2.75) is 37.1 Å². The number of hydrogen-bond acceptors (Lipinski definition) is 8. The van der Waals surface area contributed by atoms with Crippen molar-refractivity contribution in [2.75, 3.05) is 20.3 Å². The average molecular weight is 265 g/mol. The van der Waals surface area contributed by atoms with E-state index in [-0.39, 0.29) is 6.67 Å². The molecule has 1 heterocycles. The van der Waals surface area contributed by atoms with E-state index in [1.165, 1.54) is 14.0 Å². The predicted molar refractivity (Wildman–Crippen MR) is 59.9 cm³/mol. The molecule has 5 atom stereocenters. The van der Waals surface area contributed by atoms with Gasteiger partial charge in [0, 0.05) is 7.05 Å². The van der Waals surface area contributed by atoms with Gasteiger partial charge in [-0.2, -0.15) is 0 Å². The molecule has 0 aromatic heterocycles. The molecular formula is C9H19N3O6. The van der Waals surface area contributed by atoms with Crippen LogP contribution in [0.3, 0.4) is 0 Å². The summed E-state index contributed by atoms with van der Waals surface area (Å²) in [6.07, 6.45) is -3.77. The van der Waals surface area contributed by atoms with Gasteiger partial charge in [-0.25, -0.2) is 5.01 Å². The summed E-state index contributed by atoms with van der Waals surface area (Å²) >= 11 is 0. The van der Waals surface area contributed by atoms with Crippen LogP contribution in [0, 0.1) is 4.91 Å². The first kappa shape index (κ1) is 15.2. The van der Waals surface area contributed by atoms with Crippen LogP contribution in [0.4, 0.5) is 0 Å². The average Bonchev–Trinajstić information content (AvgIpc) is 2.33. The van der Waals surface area contributed by atoms with E-state index in [4.69, 9.17) is 9.84 Å².